The van der Waals surface area contributed by atoms with Crippen LogP contribution in [0.2, 0.25) is 0 Å². The molecular weight excluding hydrogens is 264 g/mol. The van der Waals surface area contributed by atoms with Gasteiger partial charge in [0.15, 0.2) is 0 Å². The monoisotopic (exact) mass is 284 g/mol. The van der Waals surface area contributed by atoms with Gasteiger partial charge in [-0.25, -0.2) is 8.42 Å². The second-order valence-electron chi connectivity index (χ2n) is 5.21. The first kappa shape index (κ1) is 14.5. The van der Waals surface area contributed by atoms with E-state index in [1.165, 1.54) is 4.31 Å². The van der Waals surface area contributed by atoms with E-state index in [-0.39, 0.29) is 11.4 Å². The number of nitrogens with two attached hydrogens (primary N) is 1. The van der Waals surface area contributed by atoms with Crippen molar-refractivity contribution in [3.8, 4) is 0 Å². The quantitative estimate of drug-likeness (QED) is 0.855. The van der Waals surface area contributed by atoms with Crippen LogP contribution in [-0.4, -0.2) is 36.5 Å². The fraction of sp³-hybridized carbons (Fsp3) is 0.538. The van der Waals surface area contributed by atoms with E-state index >= 15 is 0 Å². The maximum absolute atomic E-state index is 12.6. The number of piperidine rings is 1. The van der Waals surface area contributed by atoms with Crippen LogP contribution >= 0.6 is 0 Å². The number of hydrogen-bond donors (Lipinski definition) is 2. The van der Waals surface area contributed by atoms with Gasteiger partial charge < -0.3 is 10.8 Å². The first-order chi connectivity index (χ1) is 8.87. The molecule has 0 amide bonds. The Morgan fingerprint density at radius 1 is 1.32 bits per heavy atom. The normalized spacial score (nSPS) is 20.4. The lowest BCUT2D eigenvalue weighted by atomic mass is 9.95. The lowest BCUT2D eigenvalue weighted by molar-refractivity contribution is 0.0126. The van der Waals surface area contributed by atoms with Crippen molar-refractivity contribution in [3.05, 3.63) is 29.8 Å². The van der Waals surface area contributed by atoms with E-state index in [2.05, 4.69) is 0 Å². The zero-order valence-corrected chi connectivity index (χ0v) is 11.9. The van der Waals surface area contributed by atoms with E-state index in [4.69, 9.17) is 5.73 Å². The number of benzene rings is 1. The molecule has 0 bridgehead atoms. The minimum Gasteiger partial charge on any atom is -0.390 e. The molecule has 0 unspecified atom stereocenters. The van der Waals surface area contributed by atoms with E-state index in [1.54, 1.807) is 31.2 Å². The summed E-state index contributed by atoms with van der Waals surface area (Å²) in [6.45, 7) is 2.62. The summed E-state index contributed by atoms with van der Waals surface area (Å²) in [5, 5.41) is 9.89. The van der Waals surface area contributed by atoms with Gasteiger partial charge in [-0.2, -0.15) is 4.31 Å². The largest absolute Gasteiger partial charge is 0.390 e. The predicted octanol–water partition coefficient (Wildman–Crippen LogP) is 0.681. The maximum atomic E-state index is 12.6. The zero-order chi connectivity index (χ0) is 14.1. The number of rotatable bonds is 3. The summed E-state index contributed by atoms with van der Waals surface area (Å²) in [7, 11) is -3.51. The molecule has 0 saturated carbocycles. The van der Waals surface area contributed by atoms with Gasteiger partial charge >= 0.3 is 0 Å². The van der Waals surface area contributed by atoms with Gasteiger partial charge in [0.1, 0.15) is 0 Å². The van der Waals surface area contributed by atoms with Crippen molar-refractivity contribution < 1.29 is 13.5 Å². The van der Waals surface area contributed by atoms with E-state index in [9.17, 15) is 13.5 Å². The van der Waals surface area contributed by atoms with Crippen molar-refractivity contribution in [1.29, 1.82) is 0 Å². The van der Waals surface area contributed by atoms with Crippen LogP contribution in [0.15, 0.2) is 29.2 Å². The first-order valence-electron chi connectivity index (χ1n) is 6.37. The second-order valence-corrected chi connectivity index (χ2v) is 7.12. The zero-order valence-electron chi connectivity index (χ0n) is 11.0. The molecular formula is C13H20N2O3S. The molecule has 3 N–H and O–H groups in total. The molecule has 1 aliphatic rings. The minimum atomic E-state index is -3.51. The van der Waals surface area contributed by atoms with Gasteiger partial charge in [0.05, 0.1) is 10.5 Å². The highest BCUT2D eigenvalue weighted by atomic mass is 32.2. The Morgan fingerprint density at radius 2 is 1.89 bits per heavy atom. The Balaban J connectivity index is 2.28. The van der Waals surface area contributed by atoms with Gasteiger partial charge in [-0.1, -0.05) is 18.2 Å². The highest BCUT2D eigenvalue weighted by molar-refractivity contribution is 7.89. The highest BCUT2D eigenvalue weighted by Crippen LogP contribution is 2.27. The highest BCUT2D eigenvalue weighted by Gasteiger charge is 2.34. The Labute approximate surface area is 114 Å². The number of hydrogen-bond acceptors (Lipinski definition) is 4. The molecule has 1 aliphatic heterocycles. The maximum Gasteiger partial charge on any atom is 0.243 e. The van der Waals surface area contributed by atoms with E-state index < -0.39 is 15.6 Å². The SMILES string of the molecule is CC1(O)CCN(S(=O)(=O)c2ccccc2CN)CC1. The van der Waals surface area contributed by atoms with Crippen LogP contribution in [0.3, 0.4) is 0 Å². The van der Waals surface area contributed by atoms with Crippen molar-refractivity contribution in [2.24, 2.45) is 5.73 Å². The van der Waals surface area contributed by atoms with Gasteiger partial charge in [-0.05, 0) is 31.4 Å². The molecule has 6 heteroatoms. The summed E-state index contributed by atoms with van der Waals surface area (Å²) in [5.41, 5.74) is 5.46. The van der Waals surface area contributed by atoms with Crippen LogP contribution in [0.4, 0.5) is 0 Å². The smallest absolute Gasteiger partial charge is 0.243 e. The minimum absolute atomic E-state index is 0.195. The Bertz CT molecular complexity index is 545. The van der Waals surface area contributed by atoms with Crippen LogP contribution < -0.4 is 5.73 Å². The van der Waals surface area contributed by atoms with Gasteiger partial charge in [0.2, 0.25) is 10.0 Å². The van der Waals surface area contributed by atoms with Crippen molar-refractivity contribution in [2.75, 3.05) is 13.1 Å². The molecule has 1 aromatic carbocycles. The lowest BCUT2D eigenvalue weighted by Gasteiger charge is -2.35. The second kappa shape index (κ2) is 5.20. The summed E-state index contributed by atoms with van der Waals surface area (Å²) >= 11 is 0. The van der Waals surface area contributed by atoms with Crippen LogP contribution in [0, 0.1) is 0 Å². The summed E-state index contributed by atoms with van der Waals surface area (Å²) in [6, 6.07) is 6.80. The van der Waals surface area contributed by atoms with Crippen molar-refractivity contribution in [1.82, 2.24) is 4.31 Å². The fourth-order valence-electron chi connectivity index (χ4n) is 2.27. The number of sulfonamides is 1. The first-order valence-corrected chi connectivity index (χ1v) is 7.81. The van der Waals surface area contributed by atoms with Crippen molar-refractivity contribution >= 4 is 10.0 Å². The molecule has 19 heavy (non-hydrogen) atoms. The molecule has 1 saturated heterocycles. The topological polar surface area (TPSA) is 83.6 Å². The third kappa shape index (κ3) is 2.97. The van der Waals surface area contributed by atoms with Crippen LogP contribution in [-0.2, 0) is 16.6 Å². The average Bonchev–Trinajstić information content (AvgIpc) is 2.38. The molecule has 0 aliphatic carbocycles. The van der Waals surface area contributed by atoms with Gasteiger partial charge in [0, 0.05) is 19.6 Å². The molecule has 106 valence electrons. The number of nitrogens with zero attached hydrogens (tertiary/aromatic N) is 1. The standard InChI is InChI=1S/C13H20N2O3S/c1-13(16)6-8-15(9-7-13)19(17,18)12-5-3-2-4-11(12)10-14/h2-5,16H,6-10,14H2,1H3. The third-order valence-corrected chi connectivity index (χ3v) is 5.61. The van der Waals surface area contributed by atoms with Crippen LogP contribution in [0.1, 0.15) is 25.3 Å². The van der Waals surface area contributed by atoms with Crippen molar-refractivity contribution in [2.45, 2.75) is 36.8 Å². The molecule has 0 radical (unpaired) electrons. The summed E-state index contributed by atoms with van der Waals surface area (Å²) in [4.78, 5) is 0.277. The van der Waals surface area contributed by atoms with Gasteiger partial charge in [-0.15, -0.1) is 0 Å². The van der Waals surface area contributed by atoms with Gasteiger partial charge in [-0.3, -0.25) is 0 Å². The molecule has 1 heterocycles. The summed E-state index contributed by atoms with van der Waals surface area (Å²) in [5.74, 6) is 0. The van der Waals surface area contributed by atoms with E-state index in [0.717, 1.165) is 0 Å². The van der Waals surface area contributed by atoms with Gasteiger partial charge in [0.25, 0.3) is 0 Å². The molecule has 1 fully saturated rings. The Hall–Kier alpha value is -0.950. The fourth-order valence-corrected chi connectivity index (χ4v) is 3.95. The Kier molecular flexibility index (Phi) is 3.96. The Morgan fingerprint density at radius 3 is 2.47 bits per heavy atom. The molecule has 0 spiro atoms. The molecule has 1 aromatic rings. The lowest BCUT2D eigenvalue weighted by Crippen LogP contribution is -2.45. The average molecular weight is 284 g/mol. The predicted molar refractivity (Wildman–Crippen MR) is 73.0 cm³/mol. The molecule has 0 atom stereocenters. The van der Waals surface area contributed by atoms with Crippen LogP contribution in [0.25, 0.3) is 0 Å². The van der Waals surface area contributed by atoms with E-state index in [0.29, 0.717) is 31.5 Å². The molecule has 5 nitrogen and oxygen atoms in total. The van der Waals surface area contributed by atoms with Crippen LogP contribution in [0.5, 0.6) is 0 Å². The molecule has 0 aromatic heterocycles. The van der Waals surface area contributed by atoms with Crippen molar-refractivity contribution in [3.63, 3.8) is 0 Å². The number of aliphatic hydroxyl groups is 1. The molecule has 2 rings (SSSR count). The third-order valence-electron chi connectivity index (χ3n) is 3.61. The summed E-state index contributed by atoms with van der Waals surface area (Å²) < 4.78 is 26.6. The summed E-state index contributed by atoms with van der Waals surface area (Å²) in [6.07, 6.45) is 0.911. The van der Waals surface area contributed by atoms with E-state index in [1.807, 2.05) is 0 Å².